The highest BCUT2D eigenvalue weighted by Gasteiger charge is 2.09. The molecule has 2 aromatic rings. The van der Waals surface area contributed by atoms with Crippen molar-refractivity contribution in [3.05, 3.63) is 47.2 Å². The van der Waals surface area contributed by atoms with Crippen LogP contribution in [0.15, 0.2) is 30.3 Å². The molecule has 1 aromatic carbocycles. The van der Waals surface area contributed by atoms with Crippen LogP contribution in [0.3, 0.4) is 0 Å². The van der Waals surface area contributed by atoms with Crippen molar-refractivity contribution in [2.45, 2.75) is 20.8 Å². The first-order valence-corrected chi connectivity index (χ1v) is 5.35. The van der Waals surface area contributed by atoms with E-state index in [0.717, 1.165) is 22.5 Å². The van der Waals surface area contributed by atoms with Gasteiger partial charge in [0.2, 0.25) is 0 Å². The van der Waals surface area contributed by atoms with E-state index in [-0.39, 0.29) is 5.78 Å². The van der Waals surface area contributed by atoms with Crippen LogP contribution >= 0.6 is 0 Å². The Morgan fingerprint density at radius 2 is 1.75 bits per heavy atom. The monoisotopic (exact) mass is 213 g/mol. The summed E-state index contributed by atoms with van der Waals surface area (Å²) in [4.78, 5) is 14.6. The van der Waals surface area contributed by atoms with Crippen molar-refractivity contribution in [2.24, 2.45) is 0 Å². The maximum atomic E-state index is 11.3. The lowest BCUT2D eigenvalue weighted by Gasteiger charge is -1.98. The van der Waals surface area contributed by atoms with Crippen molar-refractivity contribution in [3.8, 4) is 11.3 Å². The summed E-state index contributed by atoms with van der Waals surface area (Å²) in [5, 5.41) is 0. The molecule has 2 heteroatoms. The Balaban J connectivity index is 2.45. The molecule has 1 aromatic heterocycles. The number of aromatic nitrogens is 1. The average Bonchev–Trinajstić information content (AvgIpc) is 2.61. The number of H-pyrrole nitrogens is 1. The van der Waals surface area contributed by atoms with Crippen molar-refractivity contribution in [1.82, 2.24) is 4.98 Å². The molecule has 0 radical (unpaired) electrons. The number of benzene rings is 1. The number of ketones is 1. The Labute approximate surface area is 95.3 Å². The van der Waals surface area contributed by atoms with E-state index in [1.54, 1.807) is 6.92 Å². The molecule has 2 rings (SSSR count). The molecule has 0 fully saturated rings. The molecule has 0 aliphatic rings. The molecule has 82 valence electrons. The van der Waals surface area contributed by atoms with Gasteiger partial charge in [-0.25, -0.2) is 0 Å². The first-order chi connectivity index (χ1) is 7.58. The lowest BCUT2D eigenvalue weighted by Crippen LogP contribution is -1.90. The summed E-state index contributed by atoms with van der Waals surface area (Å²) < 4.78 is 0. The van der Waals surface area contributed by atoms with Gasteiger partial charge in [-0.05, 0) is 32.4 Å². The summed E-state index contributed by atoms with van der Waals surface area (Å²) in [6.07, 6.45) is 0. The standard InChI is InChI=1S/C14H15NO/c1-9-4-6-12(7-5-9)14-8-13(11(3)16)10(2)15-14/h4-8,15H,1-3H3. The Morgan fingerprint density at radius 1 is 1.12 bits per heavy atom. The molecule has 0 bridgehead atoms. The minimum atomic E-state index is 0.104. The highest BCUT2D eigenvalue weighted by atomic mass is 16.1. The van der Waals surface area contributed by atoms with Crippen molar-refractivity contribution in [2.75, 3.05) is 0 Å². The van der Waals surface area contributed by atoms with Crippen LogP contribution in [0, 0.1) is 13.8 Å². The summed E-state index contributed by atoms with van der Waals surface area (Å²) in [5.74, 6) is 0.104. The predicted octanol–water partition coefficient (Wildman–Crippen LogP) is 3.50. The molecule has 1 heterocycles. The van der Waals surface area contributed by atoms with Crippen LogP contribution in [0.2, 0.25) is 0 Å². The van der Waals surface area contributed by atoms with Crippen LogP contribution < -0.4 is 0 Å². The maximum absolute atomic E-state index is 11.3. The van der Waals surface area contributed by atoms with E-state index in [4.69, 9.17) is 0 Å². The molecule has 0 atom stereocenters. The quantitative estimate of drug-likeness (QED) is 0.761. The number of aromatic amines is 1. The molecule has 0 saturated heterocycles. The van der Waals surface area contributed by atoms with E-state index in [0.29, 0.717) is 0 Å². The Morgan fingerprint density at radius 3 is 2.25 bits per heavy atom. The maximum Gasteiger partial charge on any atom is 0.161 e. The first-order valence-electron chi connectivity index (χ1n) is 5.35. The van der Waals surface area contributed by atoms with E-state index in [1.807, 2.05) is 13.0 Å². The van der Waals surface area contributed by atoms with Crippen LogP contribution in [-0.2, 0) is 0 Å². The summed E-state index contributed by atoms with van der Waals surface area (Å²) in [6.45, 7) is 5.58. The Hall–Kier alpha value is -1.83. The molecule has 0 unspecified atom stereocenters. The van der Waals surface area contributed by atoms with Crippen LogP contribution in [-0.4, -0.2) is 10.8 Å². The summed E-state index contributed by atoms with van der Waals surface area (Å²) in [5.41, 5.74) is 5.06. The van der Waals surface area contributed by atoms with E-state index in [1.165, 1.54) is 5.56 Å². The molecule has 0 aliphatic carbocycles. The van der Waals surface area contributed by atoms with Gasteiger partial charge in [0.05, 0.1) is 0 Å². The van der Waals surface area contributed by atoms with E-state index in [9.17, 15) is 4.79 Å². The number of nitrogens with one attached hydrogen (secondary N) is 1. The average molecular weight is 213 g/mol. The number of hydrogen-bond donors (Lipinski definition) is 1. The lowest BCUT2D eigenvalue weighted by molar-refractivity contribution is 0.101. The summed E-state index contributed by atoms with van der Waals surface area (Å²) >= 11 is 0. The van der Waals surface area contributed by atoms with Gasteiger partial charge in [-0.3, -0.25) is 4.79 Å². The van der Waals surface area contributed by atoms with Gasteiger partial charge >= 0.3 is 0 Å². The number of rotatable bonds is 2. The highest BCUT2D eigenvalue weighted by molar-refractivity contribution is 5.96. The van der Waals surface area contributed by atoms with Gasteiger partial charge < -0.3 is 4.98 Å². The van der Waals surface area contributed by atoms with E-state index < -0.39 is 0 Å². The van der Waals surface area contributed by atoms with Gasteiger partial charge in [-0.2, -0.15) is 0 Å². The van der Waals surface area contributed by atoms with Crippen molar-refractivity contribution < 1.29 is 4.79 Å². The third-order valence-corrected chi connectivity index (χ3v) is 2.76. The van der Waals surface area contributed by atoms with Gasteiger partial charge in [-0.1, -0.05) is 29.8 Å². The third kappa shape index (κ3) is 1.91. The largest absolute Gasteiger partial charge is 0.358 e. The van der Waals surface area contributed by atoms with Gasteiger partial charge in [-0.15, -0.1) is 0 Å². The van der Waals surface area contributed by atoms with Crippen LogP contribution in [0.4, 0.5) is 0 Å². The lowest BCUT2D eigenvalue weighted by atomic mass is 10.1. The fraction of sp³-hybridized carbons (Fsp3) is 0.214. The summed E-state index contributed by atoms with van der Waals surface area (Å²) in [6, 6.07) is 10.2. The zero-order valence-electron chi connectivity index (χ0n) is 9.79. The van der Waals surface area contributed by atoms with Gasteiger partial charge in [0.25, 0.3) is 0 Å². The highest BCUT2D eigenvalue weighted by Crippen LogP contribution is 2.22. The SMILES string of the molecule is CC(=O)c1cc(-c2ccc(C)cc2)[nH]c1C. The topological polar surface area (TPSA) is 32.9 Å². The Kier molecular flexibility index (Phi) is 2.65. The number of carbonyl (C=O) groups excluding carboxylic acids is 1. The second-order valence-electron chi connectivity index (χ2n) is 4.14. The molecule has 0 aliphatic heterocycles. The zero-order chi connectivity index (χ0) is 11.7. The van der Waals surface area contributed by atoms with E-state index >= 15 is 0 Å². The van der Waals surface area contributed by atoms with Crippen molar-refractivity contribution in [1.29, 1.82) is 0 Å². The fourth-order valence-electron chi connectivity index (χ4n) is 1.81. The van der Waals surface area contributed by atoms with Crippen LogP contribution in [0.5, 0.6) is 0 Å². The Bertz CT molecular complexity index is 520. The van der Waals surface area contributed by atoms with E-state index in [2.05, 4.69) is 36.2 Å². The molecule has 1 N–H and O–H groups in total. The van der Waals surface area contributed by atoms with Gasteiger partial charge in [0.1, 0.15) is 0 Å². The number of Topliss-reactive ketones (excluding diaryl/α,β-unsaturated/α-hetero) is 1. The minimum absolute atomic E-state index is 0.104. The fourth-order valence-corrected chi connectivity index (χ4v) is 1.81. The van der Waals surface area contributed by atoms with Gasteiger partial charge in [0.15, 0.2) is 5.78 Å². The molecule has 0 spiro atoms. The number of aryl methyl sites for hydroxylation is 2. The second kappa shape index (κ2) is 3.97. The van der Waals surface area contributed by atoms with Crippen molar-refractivity contribution >= 4 is 5.78 Å². The zero-order valence-corrected chi connectivity index (χ0v) is 9.79. The summed E-state index contributed by atoms with van der Waals surface area (Å²) in [7, 11) is 0. The molecule has 0 saturated carbocycles. The molecule has 0 amide bonds. The smallest absolute Gasteiger partial charge is 0.161 e. The number of carbonyl (C=O) groups is 1. The second-order valence-corrected chi connectivity index (χ2v) is 4.14. The predicted molar refractivity (Wildman–Crippen MR) is 65.7 cm³/mol. The van der Waals surface area contributed by atoms with Gasteiger partial charge in [0, 0.05) is 17.0 Å². The van der Waals surface area contributed by atoms with Crippen LogP contribution in [0.1, 0.15) is 28.5 Å². The molecule has 16 heavy (non-hydrogen) atoms. The number of hydrogen-bond acceptors (Lipinski definition) is 1. The molecule has 2 nitrogen and oxygen atoms in total. The third-order valence-electron chi connectivity index (χ3n) is 2.76. The minimum Gasteiger partial charge on any atom is -0.358 e. The molecular formula is C14H15NO. The molecular weight excluding hydrogens is 198 g/mol. The normalized spacial score (nSPS) is 10.4. The first kappa shape index (κ1) is 10.7. The van der Waals surface area contributed by atoms with Crippen molar-refractivity contribution in [3.63, 3.8) is 0 Å². The van der Waals surface area contributed by atoms with Crippen LogP contribution in [0.25, 0.3) is 11.3 Å².